The average Bonchev–Trinajstić information content (AvgIpc) is 3.44. The van der Waals surface area contributed by atoms with Crippen molar-refractivity contribution in [2.24, 2.45) is 0 Å². The quantitative estimate of drug-likeness (QED) is 0.250. The number of carboxylic acids is 1. The number of thiazole rings is 1. The van der Waals surface area contributed by atoms with Crippen LogP contribution in [0.5, 0.6) is 0 Å². The number of fused-ring (bicyclic) bond motifs is 1. The number of nitrogens with zero attached hydrogens (tertiary/aromatic N) is 3. The van der Waals surface area contributed by atoms with Crippen LogP contribution in [0.25, 0.3) is 21.9 Å². The third-order valence-corrected chi connectivity index (χ3v) is 8.67. The van der Waals surface area contributed by atoms with Crippen LogP contribution in [0.4, 0.5) is 37.2 Å². The van der Waals surface area contributed by atoms with Gasteiger partial charge in [-0.2, -0.15) is 26.3 Å². The van der Waals surface area contributed by atoms with E-state index in [0.717, 1.165) is 30.1 Å². The second-order valence-corrected chi connectivity index (χ2v) is 12.0. The van der Waals surface area contributed by atoms with Gasteiger partial charge in [0, 0.05) is 49.0 Å². The van der Waals surface area contributed by atoms with Crippen molar-refractivity contribution < 1.29 is 44.7 Å². The molecular formula is C27H24F6N4O4S2. The predicted molar refractivity (Wildman–Crippen MR) is 151 cm³/mol. The molecule has 0 radical (unpaired) electrons. The zero-order valence-electron chi connectivity index (χ0n) is 22.3. The molecule has 1 aromatic heterocycles. The van der Waals surface area contributed by atoms with Gasteiger partial charge in [0.1, 0.15) is 0 Å². The molecule has 0 spiro atoms. The number of piperazine rings is 1. The molecule has 43 heavy (non-hydrogen) atoms. The van der Waals surface area contributed by atoms with Crippen molar-refractivity contribution >= 4 is 48.9 Å². The van der Waals surface area contributed by atoms with Crippen LogP contribution in [0, 0.1) is 0 Å². The second kappa shape index (κ2) is 12.4. The molecule has 16 heteroatoms. The van der Waals surface area contributed by atoms with E-state index in [-0.39, 0.29) is 10.0 Å². The number of carboxylic acid groups (broad SMARTS) is 1. The lowest BCUT2D eigenvalue weighted by molar-refractivity contribution is -0.192. The maximum atomic E-state index is 13.6. The normalized spacial score (nSPS) is 14.7. The molecule has 0 bridgehead atoms. The number of benzene rings is 3. The number of rotatable bonds is 5. The summed E-state index contributed by atoms with van der Waals surface area (Å²) >= 11 is 1.18. The fourth-order valence-corrected chi connectivity index (χ4v) is 6.18. The molecule has 0 unspecified atom stereocenters. The highest BCUT2D eigenvalue weighted by molar-refractivity contribution is 7.93. The molecule has 2 heterocycles. The van der Waals surface area contributed by atoms with Gasteiger partial charge < -0.3 is 14.9 Å². The van der Waals surface area contributed by atoms with Crippen LogP contribution in [-0.4, -0.2) is 68.8 Å². The van der Waals surface area contributed by atoms with Gasteiger partial charge in [0.25, 0.3) is 10.0 Å². The van der Waals surface area contributed by atoms with Crippen LogP contribution in [0.1, 0.15) is 5.56 Å². The minimum atomic E-state index is -5.08. The number of anilines is 2. The molecule has 2 N–H and O–H groups in total. The Balaban J connectivity index is 0.000000541. The topological polar surface area (TPSA) is 103 Å². The largest absolute Gasteiger partial charge is 0.490 e. The molecule has 1 aliphatic heterocycles. The number of nitrogens with one attached hydrogen (secondary N) is 1. The SMILES string of the molecule is CN1CCN(c2cc(C(F)(F)F)ccc2-c2cccc3cc(S(=O)(=O)Nc4nccs4)ccc23)CC1.O=C(O)C(F)(F)F. The summed E-state index contributed by atoms with van der Waals surface area (Å²) in [5, 5.41) is 10.5. The first-order valence-electron chi connectivity index (χ1n) is 12.5. The van der Waals surface area contributed by atoms with Crippen LogP contribution in [0.2, 0.25) is 0 Å². The van der Waals surface area contributed by atoms with E-state index in [2.05, 4.69) is 14.6 Å². The summed E-state index contributed by atoms with van der Waals surface area (Å²) in [6.07, 6.45) is -8.02. The van der Waals surface area contributed by atoms with Crippen molar-refractivity contribution in [2.45, 2.75) is 17.2 Å². The number of sulfonamides is 1. The van der Waals surface area contributed by atoms with E-state index in [4.69, 9.17) is 9.90 Å². The van der Waals surface area contributed by atoms with Gasteiger partial charge >= 0.3 is 18.3 Å². The minimum Gasteiger partial charge on any atom is -0.475 e. The lowest BCUT2D eigenvalue weighted by Gasteiger charge is -2.35. The van der Waals surface area contributed by atoms with E-state index >= 15 is 0 Å². The molecule has 0 amide bonds. The van der Waals surface area contributed by atoms with E-state index in [1.54, 1.807) is 29.6 Å². The van der Waals surface area contributed by atoms with Gasteiger partial charge in [0.15, 0.2) is 5.13 Å². The second-order valence-electron chi connectivity index (χ2n) is 9.45. The fourth-order valence-electron chi connectivity index (χ4n) is 4.36. The summed E-state index contributed by atoms with van der Waals surface area (Å²) in [6.45, 7) is 2.72. The Hall–Kier alpha value is -3.89. The van der Waals surface area contributed by atoms with Gasteiger partial charge in [0.2, 0.25) is 0 Å². The standard InChI is InChI=1S/C25H23F3N4O2S2.C2HF3O2/c1-31-10-12-32(13-11-31)23-16-18(25(26,27)28)5-7-22(23)21-4-2-3-17-15-19(6-8-20(17)21)36(33,34)30-24-29-9-14-35-24;3-2(4,5)1(6)7/h2-9,14-16H,10-13H2,1H3,(H,29,30);(H,6,7). The molecular weight excluding hydrogens is 622 g/mol. The predicted octanol–water partition coefficient (Wildman–Crippen LogP) is 6.17. The van der Waals surface area contributed by atoms with Gasteiger partial charge in [0.05, 0.1) is 10.5 Å². The number of carbonyl (C=O) groups is 1. The lowest BCUT2D eigenvalue weighted by Crippen LogP contribution is -2.44. The van der Waals surface area contributed by atoms with Gasteiger partial charge in [-0.15, -0.1) is 11.3 Å². The Bertz CT molecular complexity index is 1700. The van der Waals surface area contributed by atoms with Crippen LogP contribution in [0.3, 0.4) is 0 Å². The van der Waals surface area contributed by atoms with Crippen LogP contribution >= 0.6 is 11.3 Å². The molecule has 0 saturated carbocycles. The van der Waals surface area contributed by atoms with E-state index in [1.807, 2.05) is 18.0 Å². The molecule has 230 valence electrons. The third-order valence-electron chi connectivity index (χ3n) is 6.52. The summed E-state index contributed by atoms with van der Waals surface area (Å²) in [4.78, 5) is 17.1. The summed E-state index contributed by atoms with van der Waals surface area (Å²) < 4.78 is 101. The first-order valence-corrected chi connectivity index (χ1v) is 14.8. The van der Waals surface area contributed by atoms with Gasteiger partial charge in [-0.1, -0.05) is 30.3 Å². The highest BCUT2D eigenvalue weighted by atomic mass is 32.2. The minimum absolute atomic E-state index is 0.0778. The van der Waals surface area contributed by atoms with Gasteiger partial charge in [-0.3, -0.25) is 4.72 Å². The third kappa shape index (κ3) is 7.74. The maximum Gasteiger partial charge on any atom is 0.490 e. The van der Waals surface area contributed by atoms with E-state index in [1.165, 1.54) is 35.7 Å². The number of hydrogen-bond donors (Lipinski definition) is 2. The smallest absolute Gasteiger partial charge is 0.475 e. The number of likely N-dealkylation sites (N-methyl/N-ethyl adjacent to an activating group) is 1. The van der Waals surface area contributed by atoms with E-state index in [9.17, 15) is 34.8 Å². The Morgan fingerprint density at radius 1 is 0.953 bits per heavy atom. The van der Waals surface area contributed by atoms with E-state index < -0.39 is 33.9 Å². The van der Waals surface area contributed by atoms with Crippen LogP contribution in [-0.2, 0) is 21.0 Å². The average molecular weight is 647 g/mol. The number of aromatic nitrogens is 1. The van der Waals surface area contributed by atoms with Gasteiger partial charge in [-0.25, -0.2) is 18.2 Å². The first-order chi connectivity index (χ1) is 20.1. The molecule has 8 nitrogen and oxygen atoms in total. The van der Waals surface area contributed by atoms with Gasteiger partial charge in [-0.05, 0) is 47.6 Å². The zero-order chi connectivity index (χ0) is 31.6. The molecule has 4 aromatic rings. The van der Waals surface area contributed by atoms with Crippen LogP contribution < -0.4 is 9.62 Å². The Labute approximate surface area is 246 Å². The summed E-state index contributed by atoms with van der Waals surface area (Å²) in [5.41, 5.74) is 1.25. The van der Waals surface area contributed by atoms with Crippen molar-refractivity contribution in [3.05, 3.63) is 71.7 Å². The molecule has 1 aliphatic rings. The maximum absolute atomic E-state index is 13.6. The zero-order valence-corrected chi connectivity index (χ0v) is 23.9. The molecule has 3 aromatic carbocycles. The van der Waals surface area contributed by atoms with Crippen LogP contribution in [0.15, 0.2) is 71.1 Å². The molecule has 0 atom stereocenters. The monoisotopic (exact) mass is 646 g/mol. The van der Waals surface area contributed by atoms with Crippen molar-refractivity contribution in [3.63, 3.8) is 0 Å². The Kier molecular flexibility index (Phi) is 9.22. The highest BCUT2D eigenvalue weighted by Crippen LogP contribution is 2.40. The number of halogens is 6. The molecule has 0 aliphatic carbocycles. The Morgan fingerprint density at radius 2 is 1.63 bits per heavy atom. The molecule has 1 saturated heterocycles. The summed E-state index contributed by atoms with van der Waals surface area (Å²) in [7, 11) is -1.85. The summed E-state index contributed by atoms with van der Waals surface area (Å²) in [6, 6.07) is 14.0. The van der Waals surface area contributed by atoms with Crippen molar-refractivity contribution in [3.8, 4) is 11.1 Å². The van der Waals surface area contributed by atoms with Crippen molar-refractivity contribution in [2.75, 3.05) is 42.8 Å². The van der Waals surface area contributed by atoms with E-state index in [0.29, 0.717) is 29.7 Å². The molecule has 1 fully saturated rings. The number of hydrogen-bond acceptors (Lipinski definition) is 7. The van der Waals surface area contributed by atoms with Crippen molar-refractivity contribution in [1.29, 1.82) is 0 Å². The molecule has 5 rings (SSSR count). The summed E-state index contributed by atoms with van der Waals surface area (Å²) in [5.74, 6) is -2.76. The van der Waals surface area contributed by atoms with Crippen molar-refractivity contribution in [1.82, 2.24) is 9.88 Å². The number of alkyl halides is 6. The number of aliphatic carboxylic acids is 1. The first kappa shape index (κ1) is 32.0. The fraction of sp³-hybridized carbons (Fsp3) is 0.259. The lowest BCUT2D eigenvalue weighted by atomic mass is 9.95. The highest BCUT2D eigenvalue weighted by Gasteiger charge is 2.38. The Morgan fingerprint density at radius 3 is 2.21 bits per heavy atom.